The molecule has 2 aliphatic rings. The van der Waals surface area contributed by atoms with Crippen LogP contribution in [-0.2, 0) is 0 Å². The van der Waals surface area contributed by atoms with Crippen LogP contribution in [-0.4, -0.2) is 51.7 Å². The van der Waals surface area contributed by atoms with Gasteiger partial charge in [0.05, 0.1) is 11.4 Å². The molecule has 1 aromatic heterocycles. The van der Waals surface area contributed by atoms with Crippen molar-refractivity contribution in [2.45, 2.75) is 64.0 Å². The fraction of sp³-hybridized carbons (Fsp3) is 0.522. The van der Waals surface area contributed by atoms with Crippen molar-refractivity contribution >= 4 is 17.7 Å². The number of H-pyrrole nitrogens is 1. The Balaban J connectivity index is 1.30. The highest BCUT2D eigenvalue weighted by atomic mass is 16.2. The number of likely N-dealkylation sites (tertiary alicyclic amines) is 1. The van der Waals surface area contributed by atoms with Gasteiger partial charge in [0.25, 0.3) is 0 Å². The Labute approximate surface area is 187 Å². The van der Waals surface area contributed by atoms with Gasteiger partial charge in [0, 0.05) is 37.1 Å². The predicted molar refractivity (Wildman–Crippen MR) is 123 cm³/mol. The van der Waals surface area contributed by atoms with Crippen molar-refractivity contribution in [3.05, 3.63) is 46.6 Å². The highest BCUT2D eigenvalue weighted by molar-refractivity contribution is 5.91. The van der Waals surface area contributed by atoms with Crippen LogP contribution in [0.1, 0.15) is 50.6 Å². The van der Waals surface area contributed by atoms with E-state index in [1.54, 1.807) is 23.2 Å². The van der Waals surface area contributed by atoms with Crippen molar-refractivity contribution in [3.63, 3.8) is 0 Å². The molecule has 4 rings (SSSR count). The molecule has 2 fully saturated rings. The summed E-state index contributed by atoms with van der Waals surface area (Å²) in [5.41, 5.74) is 1.72. The average Bonchev–Trinajstić information content (AvgIpc) is 3.13. The Kier molecular flexibility index (Phi) is 6.82. The minimum atomic E-state index is -0.248. The van der Waals surface area contributed by atoms with E-state index in [0.717, 1.165) is 18.5 Å². The number of hydrogen-bond donors (Lipinski definition) is 4. The molecule has 1 saturated carbocycles. The molecule has 32 heavy (non-hydrogen) atoms. The number of nitrogens with one attached hydrogen (secondary N) is 4. The van der Waals surface area contributed by atoms with Crippen LogP contribution in [0.5, 0.6) is 0 Å². The Hall–Kier alpha value is -3.23. The zero-order valence-electron chi connectivity index (χ0n) is 18.5. The van der Waals surface area contributed by atoms with Crippen LogP contribution in [0.3, 0.4) is 0 Å². The smallest absolute Gasteiger partial charge is 0.330 e. The first-order valence-corrected chi connectivity index (χ1v) is 11.5. The second-order valence-electron chi connectivity index (χ2n) is 8.73. The Morgan fingerprint density at radius 1 is 0.969 bits per heavy atom. The molecule has 2 aromatic rings. The second-order valence-corrected chi connectivity index (χ2v) is 8.73. The summed E-state index contributed by atoms with van der Waals surface area (Å²) in [6.45, 7) is 2.95. The first-order chi connectivity index (χ1) is 15.5. The number of carbonyl (C=O) groups excluding carboxylic acids is 2. The molecule has 0 atom stereocenters. The largest absolute Gasteiger partial charge is 0.335 e. The summed E-state index contributed by atoms with van der Waals surface area (Å²) in [5, 5.41) is 9.10. The summed E-state index contributed by atoms with van der Waals surface area (Å²) < 4.78 is 1.54. The maximum atomic E-state index is 12.9. The summed E-state index contributed by atoms with van der Waals surface area (Å²) >= 11 is 0. The predicted octanol–water partition coefficient (Wildman–Crippen LogP) is 3.10. The molecular weight excluding hydrogens is 408 g/mol. The third-order valence-electron chi connectivity index (χ3n) is 6.40. The van der Waals surface area contributed by atoms with Crippen molar-refractivity contribution < 1.29 is 9.59 Å². The van der Waals surface area contributed by atoms with Gasteiger partial charge in [-0.3, -0.25) is 4.57 Å². The molecule has 0 unspecified atom stereocenters. The fourth-order valence-electron chi connectivity index (χ4n) is 4.61. The van der Waals surface area contributed by atoms with Crippen LogP contribution in [0.15, 0.2) is 35.3 Å². The quantitative estimate of drug-likeness (QED) is 0.586. The monoisotopic (exact) mass is 440 g/mol. The Bertz CT molecular complexity index is 999. The normalized spacial score (nSPS) is 17.7. The number of piperidine rings is 1. The van der Waals surface area contributed by atoms with E-state index in [1.165, 1.54) is 23.8 Å². The third kappa shape index (κ3) is 5.15. The van der Waals surface area contributed by atoms with E-state index in [2.05, 4.69) is 20.9 Å². The lowest BCUT2D eigenvalue weighted by molar-refractivity contribution is 0.186. The van der Waals surface area contributed by atoms with Gasteiger partial charge in [0.1, 0.15) is 0 Å². The number of aromatic amines is 1. The van der Waals surface area contributed by atoms with Crippen LogP contribution in [0.4, 0.5) is 15.3 Å². The topological polar surface area (TPSA) is 111 Å². The summed E-state index contributed by atoms with van der Waals surface area (Å²) in [6.07, 6.45) is 8.80. The number of benzene rings is 1. The summed E-state index contributed by atoms with van der Waals surface area (Å²) in [4.78, 5) is 41.8. The van der Waals surface area contributed by atoms with E-state index >= 15 is 0 Å². The van der Waals surface area contributed by atoms with Gasteiger partial charge < -0.3 is 25.8 Å². The molecule has 0 radical (unpaired) electrons. The molecule has 172 valence electrons. The maximum Gasteiger partial charge on any atom is 0.330 e. The van der Waals surface area contributed by atoms with E-state index in [4.69, 9.17) is 0 Å². The van der Waals surface area contributed by atoms with Gasteiger partial charge in [0.2, 0.25) is 0 Å². The number of carbonyl (C=O) groups is 2. The molecule has 9 nitrogen and oxygen atoms in total. The number of para-hydroxylation sites is 2. The van der Waals surface area contributed by atoms with E-state index in [-0.39, 0.29) is 29.8 Å². The van der Waals surface area contributed by atoms with E-state index < -0.39 is 0 Å². The molecule has 2 heterocycles. The van der Waals surface area contributed by atoms with Crippen LogP contribution in [0, 0.1) is 6.92 Å². The van der Waals surface area contributed by atoms with Crippen LogP contribution in [0.2, 0.25) is 0 Å². The molecular formula is C23H32N6O3. The van der Waals surface area contributed by atoms with Crippen molar-refractivity contribution in [1.82, 2.24) is 25.1 Å². The van der Waals surface area contributed by atoms with Gasteiger partial charge in [-0.05, 0) is 44.7 Å². The van der Waals surface area contributed by atoms with Gasteiger partial charge >= 0.3 is 17.8 Å². The number of aryl methyl sites for hydroxylation is 1. The number of anilines is 1. The van der Waals surface area contributed by atoms with Crippen molar-refractivity contribution in [2.24, 2.45) is 0 Å². The lowest BCUT2D eigenvalue weighted by atomic mass is 9.96. The van der Waals surface area contributed by atoms with Crippen molar-refractivity contribution in [1.29, 1.82) is 0 Å². The zero-order chi connectivity index (χ0) is 22.5. The van der Waals surface area contributed by atoms with Gasteiger partial charge in [-0.25, -0.2) is 14.4 Å². The molecule has 1 aliphatic heterocycles. The van der Waals surface area contributed by atoms with Gasteiger partial charge in [-0.15, -0.1) is 0 Å². The van der Waals surface area contributed by atoms with Crippen LogP contribution in [0.25, 0.3) is 5.69 Å². The molecule has 1 saturated heterocycles. The van der Waals surface area contributed by atoms with Crippen molar-refractivity contribution in [3.8, 4) is 5.69 Å². The minimum absolute atomic E-state index is 0.0657. The number of urea groups is 2. The molecule has 4 amide bonds. The van der Waals surface area contributed by atoms with E-state index in [1.807, 2.05) is 19.1 Å². The first-order valence-electron chi connectivity index (χ1n) is 11.5. The van der Waals surface area contributed by atoms with Gasteiger partial charge in [0.15, 0.2) is 0 Å². The van der Waals surface area contributed by atoms with E-state index in [9.17, 15) is 14.4 Å². The lowest BCUT2D eigenvalue weighted by Crippen LogP contribution is -2.51. The Morgan fingerprint density at radius 2 is 1.62 bits per heavy atom. The van der Waals surface area contributed by atoms with Crippen molar-refractivity contribution in [2.75, 3.05) is 18.4 Å². The number of amides is 4. The lowest BCUT2D eigenvalue weighted by Gasteiger charge is -2.33. The standard InChI is InChI=1S/C23H32N6O3/c1-16-15-24-22(31)29(16)20-10-6-5-9-19(20)27-23(32)28-13-11-18(12-14-28)26-21(30)25-17-7-3-2-4-8-17/h5-6,9-10,15,17-18H,2-4,7-8,11-14H2,1H3,(H,24,31)(H,27,32)(H2,25,26,30). The summed E-state index contributed by atoms with van der Waals surface area (Å²) in [5.74, 6) is 0. The zero-order valence-corrected chi connectivity index (χ0v) is 18.5. The molecule has 9 heteroatoms. The first kappa shape index (κ1) is 22.0. The highest BCUT2D eigenvalue weighted by Gasteiger charge is 2.25. The summed E-state index contributed by atoms with van der Waals surface area (Å²) in [6, 6.07) is 7.30. The average molecular weight is 441 g/mol. The third-order valence-corrected chi connectivity index (χ3v) is 6.40. The van der Waals surface area contributed by atoms with Gasteiger partial charge in [-0.2, -0.15) is 0 Å². The van der Waals surface area contributed by atoms with Crippen LogP contribution >= 0.6 is 0 Å². The molecule has 0 spiro atoms. The number of imidazole rings is 1. The molecule has 1 aliphatic carbocycles. The second kappa shape index (κ2) is 9.93. The summed E-state index contributed by atoms with van der Waals surface area (Å²) in [7, 11) is 0. The Morgan fingerprint density at radius 3 is 2.28 bits per heavy atom. The fourth-order valence-corrected chi connectivity index (χ4v) is 4.61. The number of rotatable bonds is 4. The SMILES string of the molecule is Cc1c[nH]c(=O)n1-c1ccccc1NC(=O)N1CCC(NC(=O)NC2CCCCC2)CC1. The minimum Gasteiger partial charge on any atom is -0.335 e. The van der Waals surface area contributed by atoms with Crippen LogP contribution < -0.4 is 21.6 Å². The number of hydrogen-bond acceptors (Lipinski definition) is 3. The molecule has 0 bridgehead atoms. The molecule has 4 N–H and O–H groups in total. The highest BCUT2D eigenvalue weighted by Crippen LogP contribution is 2.21. The molecule has 1 aromatic carbocycles. The van der Waals surface area contributed by atoms with E-state index in [0.29, 0.717) is 37.3 Å². The number of aromatic nitrogens is 2. The number of nitrogens with zero attached hydrogens (tertiary/aromatic N) is 2. The van der Waals surface area contributed by atoms with Gasteiger partial charge in [-0.1, -0.05) is 31.4 Å². The maximum absolute atomic E-state index is 12.9.